The van der Waals surface area contributed by atoms with Gasteiger partial charge < -0.3 is 24.3 Å². The lowest BCUT2D eigenvalue weighted by Crippen LogP contribution is -2.21. The molecule has 0 aliphatic carbocycles. The Morgan fingerprint density at radius 3 is 2.55 bits per heavy atom. The SMILES string of the molecule is COc1ccc(C(=O)NN=C(C)CC(=O)Nc2ccc3c(c2)OCO3)cc1OC. The van der Waals surface area contributed by atoms with Crippen molar-refractivity contribution in [2.45, 2.75) is 13.3 Å². The summed E-state index contributed by atoms with van der Waals surface area (Å²) in [6.07, 6.45) is 0.0145. The molecule has 2 aromatic rings. The maximum Gasteiger partial charge on any atom is 0.271 e. The van der Waals surface area contributed by atoms with Gasteiger partial charge in [0, 0.05) is 23.0 Å². The number of amides is 2. The fourth-order valence-corrected chi connectivity index (χ4v) is 2.64. The summed E-state index contributed by atoms with van der Waals surface area (Å²) in [6.45, 7) is 1.81. The number of hydrazone groups is 1. The molecule has 2 N–H and O–H groups in total. The summed E-state index contributed by atoms with van der Waals surface area (Å²) in [5.41, 5.74) is 3.80. The molecule has 0 saturated carbocycles. The lowest BCUT2D eigenvalue weighted by Gasteiger charge is -2.09. The molecule has 0 radical (unpaired) electrons. The first kappa shape index (κ1) is 20.0. The minimum absolute atomic E-state index is 0.0145. The minimum atomic E-state index is -0.429. The van der Waals surface area contributed by atoms with Gasteiger partial charge in [-0.25, -0.2) is 5.43 Å². The second-order valence-corrected chi connectivity index (χ2v) is 6.15. The van der Waals surface area contributed by atoms with Gasteiger partial charge in [-0.2, -0.15) is 5.10 Å². The molecular weight excluding hydrogens is 378 g/mol. The molecule has 152 valence electrons. The number of carbonyl (C=O) groups is 2. The fourth-order valence-electron chi connectivity index (χ4n) is 2.64. The highest BCUT2D eigenvalue weighted by molar-refractivity contribution is 6.06. The van der Waals surface area contributed by atoms with Crippen molar-refractivity contribution in [1.82, 2.24) is 5.43 Å². The molecule has 2 aromatic carbocycles. The van der Waals surface area contributed by atoms with E-state index in [4.69, 9.17) is 18.9 Å². The third-order valence-corrected chi connectivity index (χ3v) is 4.07. The number of methoxy groups -OCH3 is 2. The monoisotopic (exact) mass is 399 g/mol. The first-order valence-corrected chi connectivity index (χ1v) is 8.75. The molecule has 9 heteroatoms. The maximum atomic E-state index is 12.3. The van der Waals surface area contributed by atoms with Crippen molar-refractivity contribution in [3.8, 4) is 23.0 Å². The minimum Gasteiger partial charge on any atom is -0.493 e. The lowest BCUT2D eigenvalue weighted by atomic mass is 10.2. The number of nitrogens with one attached hydrogen (secondary N) is 2. The van der Waals surface area contributed by atoms with Gasteiger partial charge in [-0.3, -0.25) is 9.59 Å². The van der Waals surface area contributed by atoms with Crippen LogP contribution >= 0.6 is 0 Å². The van der Waals surface area contributed by atoms with E-state index in [0.29, 0.717) is 40.0 Å². The average Bonchev–Trinajstić information content (AvgIpc) is 3.19. The van der Waals surface area contributed by atoms with Crippen LogP contribution in [-0.4, -0.2) is 38.5 Å². The average molecular weight is 399 g/mol. The quantitative estimate of drug-likeness (QED) is 0.547. The van der Waals surface area contributed by atoms with E-state index in [2.05, 4.69) is 15.8 Å². The first-order chi connectivity index (χ1) is 14.0. The van der Waals surface area contributed by atoms with Gasteiger partial charge in [0.05, 0.1) is 20.6 Å². The number of nitrogens with zero attached hydrogens (tertiary/aromatic N) is 1. The van der Waals surface area contributed by atoms with E-state index in [-0.39, 0.29) is 19.1 Å². The Bertz CT molecular complexity index is 957. The summed E-state index contributed by atoms with van der Waals surface area (Å²) in [6, 6.07) is 9.90. The Hall–Kier alpha value is -3.75. The van der Waals surface area contributed by atoms with Crippen molar-refractivity contribution < 1.29 is 28.5 Å². The van der Waals surface area contributed by atoms with Crippen molar-refractivity contribution in [3.05, 3.63) is 42.0 Å². The molecule has 0 fully saturated rings. The van der Waals surface area contributed by atoms with E-state index in [0.717, 1.165) is 0 Å². The third-order valence-electron chi connectivity index (χ3n) is 4.07. The zero-order chi connectivity index (χ0) is 20.8. The highest BCUT2D eigenvalue weighted by Gasteiger charge is 2.15. The van der Waals surface area contributed by atoms with Crippen LogP contribution in [0, 0.1) is 0 Å². The molecule has 2 amide bonds. The molecule has 29 heavy (non-hydrogen) atoms. The summed E-state index contributed by atoms with van der Waals surface area (Å²) in [7, 11) is 3.00. The van der Waals surface area contributed by atoms with Crippen LogP contribution in [0.15, 0.2) is 41.5 Å². The van der Waals surface area contributed by atoms with Gasteiger partial charge in [-0.15, -0.1) is 0 Å². The van der Waals surface area contributed by atoms with Crippen molar-refractivity contribution in [2.75, 3.05) is 26.3 Å². The topological polar surface area (TPSA) is 107 Å². The largest absolute Gasteiger partial charge is 0.493 e. The zero-order valence-corrected chi connectivity index (χ0v) is 16.3. The van der Waals surface area contributed by atoms with E-state index in [1.54, 1.807) is 43.3 Å². The molecular formula is C20H21N3O6. The molecule has 1 heterocycles. The Labute approximate surface area is 167 Å². The van der Waals surface area contributed by atoms with Gasteiger partial charge in [0.2, 0.25) is 12.7 Å². The second-order valence-electron chi connectivity index (χ2n) is 6.15. The molecule has 0 bridgehead atoms. The highest BCUT2D eigenvalue weighted by atomic mass is 16.7. The van der Waals surface area contributed by atoms with Gasteiger partial charge in [0.25, 0.3) is 5.91 Å². The summed E-state index contributed by atoms with van der Waals surface area (Å²) >= 11 is 0. The molecule has 1 aliphatic heterocycles. The second kappa shape index (κ2) is 8.96. The first-order valence-electron chi connectivity index (χ1n) is 8.75. The molecule has 0 aromatic heterocycles. The number of hydrogen-bond donors (Lipinski definition) is 2. The normalized spacial score (nSPS) is 12.3. The summed E-state index contributed by atoms with van der Waals surface area (Å²) in [5, 5.41) is 6.73. The van der Waals surface area contributed by atoms with E-state index in [1.807, 2.05) is 0 Å². The van der Waals surface area contributed by atoms with Gasteiger partial charge in [0.1, 0.15) is 0 Å². The Morgan fingerprint density at radius 1 is 1.03 bits per heavy atom. The number of fused-ring (bicyclic) bond motifs is 1. The number of benzene rings is 2. The van der Waals surface area contributed by atoms with Crippen LogP contribution in [0.2, 0.25) is 0 Å². The van der Waals surface area contributed by atoms with Crippen LogP contribution in [0.25, 0.3) is 0 Å². The molecule has 0 saturated heterocycles. The van der Waals surface area contributed by atoms with Crippen LogP contribution in [0.5, 0.6) is 23.0 Å². The number of hydrogen-bond acceptors (Lipinski definition) is 7. The Balaban J connectivity index is 1.55. The Morgan fingerprint density at radius 2 is 1.79 bits per heavy atom. The third kappa shape index (κ3) is 4.95. The zero-order valence-electron chi connectivity index (χ0n) is 16.3. The van der Waals surface area contributed by atoms with Crippen molar-refractivity contribution >= 4 is 23.2 Å². The molecule has 0 atom stereocenters. The van der Waals surface area contributed by atoms with Crippen molar-refractivity contribution in [1.29, 1.82) is 0 Å². The smallest absolute Gasteiger partial charge is 0.271 e. The van der Waals surface area contributed by atoms with E-state index < -0.39 is 5.91 Å². The van der Waals surface area contributed by atoms with Crippen molar-refractivity contribution in [3.63, 3.8) is 0 Å². The van der Waals surface area contributed by atoms with E-state index in [1.165, 1.54) is 14.2 Å². The fraction of sp³-hybridized carbons (Fsp3) is 0.250. The van der Waals surface area contributed by atoms with Gasteiger partial charge in [0.15, 0.2) is 23.0 Å². The summed E-state index contributed by atoms with van der Waals surface area (Å²) in [4.78, 5) is 24.4. The van der Waals surface area contributed by atoms with Crippen LogP contribution in [-0.2, 0) is 4.79 Å². The predicted molar refractivity (Wildman–Crippen MR) is 106 cm³/mol. The van der Waals surface area contributed by atoms with E-state index >= 15 is 0 Å². The molecule has 9 nitrogen and oxygen atoms in total. The van der Waals surface area contributed by atoms with Crippen LogP contribution < -0.4 is 29.7 Å². The molecule has 0 unspecified atom stereocenters. The standard InChI is InChI=1S/C20H21N3O6/c1-12(8-19(24)21-14-5-7-16-18(10-14)29-11-28-16)22-23-20(25)13-4-6-15(26-2)17(9-13)27-3/h4-7,9-10H,8,11H2,1-3H3,(H,21,24)(H,23,25). The summed E-state index contributed by atoms with van der Waals surface area (Å²) in [5.74, 6) is 1.47. The number of carbonyl (C=O) groups excluding carboxylic acids is 2. The number of ether oxygens (including phenoxy) is 4. The van der Waals surface area contributed by atoms with Crippen molar-refractivity contribution in [2.24, 2.45) is 5.10 Å². The summed E-state index contributed by atoms with van der Waals surface area (Å²) < 4.78 is 20.8. The lowest BCUT2D eigenvalue weighted by molar-refractivity contribution is -0.115. The van der Waals surface area contributed by atoms with Gasteiger partial charge in [-0.1, -0.05) is 0 Å². The highest BCUT2D eigenvalue weighted by Crippen LogP contribution is 2.34. The number of rotatable bonds is 7. The molecule has 0 spiro atoms. The molecule has 3 rings (SSSR count). The van der Waals surface area contributed by atoms with Crippen LogP contribution in [0.1, 0.15) is 23.7 Å². The maximum absolute atomic E-state index is 12.3. The van der Waals surface area contributed by atoms with Crippen LogP contribution in [0.4, 0.5) is 5.69 Å². The Kier molecular flexibility index (Phi) is 6.18. The van der Waals surface area contributed by atoms with Crippen LogP contribution in [0.3, 0.4) is 0 Å². The number of anilines is 1. The molecule has 1 aliphatic rings. The van der Waals surface area contributed by atoms with Gasteiger partial charge >= 0.3 is 0 Å². The predicted octanol–water partition coefficient (Wildman–Crippen LogP) is 2.57. The van der Waals surface area contributed by atoms with Gasteiger partial charge in [-0.05, 0) is 37.3 Å². The van der Waals surface area contributed by atoms with E-state index in [9.17, 15) is 9.59 Å².